The largest absolute Gasteiger partial charge is 1.00 e. The summed E-state index contributed by atoms with van der Waals surface area (Å²) in [6.07, 6.45) is 11.0. The van der Waals surface area contributed by atoms with Crippen LogP contribution in [-0.4, -0.2) is 102 Å². The van der Waals surface area contributed by atoms with E-state index in [1.54, 1.807) is 6.07 Å². The fourth-order valence-electron chi connectivity index (χ4n) is 9.75. The van der Waals surface area contributed by atoms with Crippen LogP contribution in [0.3, 0.4) is 0 Å². The van der Waals surface area contributed by atoms with Gasteiger partial charge in [-0.1, -0.05) is 72.3 Å². The summed E-state index contributed by atoms with van der Waals surface area (Å²) in [6, 6.07) is 3.77. The molecule has 8 atom stereocenters. The molecule has 6 rings (SSSR count). The number of halogens is 1. The standard InChI is InChI=1S/C21H25NO4.C20H38O7S.BrH.Na/c1-22(11-12-2-3-12)9-8-20-17-13-4-5-14(23)18(17)26-19(20)15(24)6-7-21(20,25)16(22)10-13;1-5-9-11-16(7-3)14-26-19(21)13-18(28(23,24)25)20(22)27-15-17(8-4)12-10-6-2;;/h4-5,12,16,19,25H,2-3,6-11H2,1H3;16-18H,5-15H2,1-4H3,(H,23,24,25);1H;/q;;;+1/p-1/t16-,19+,20+,21-,22?;;;/m1.../s1. The minimum Gasteiger partial charge on any atom is -1.00 e. The molecule has 56 heavy (non-hydrogen) atoms. The number of aromatic hydroxyl groups is 1. The van der Waals surface area contributed by atoms with E-state index in [1.165, 1.54) is 12.8 Å². The Morgan fingerprint density at radius 3 is 2.18 bits per heavy atom. The number of Topliss-reactive ketones (excluding diaryl/α,β-unsaturated/α-hetero) is 1. The quantitative estimate of drug-likeness (QED) is 0.0841. The summed E-state index contributed by atoms with van der Waals surface area (Å²) in [5, 5.41) is 20.5. The Morgan fingerprint density at radius 2 is 1.62 bits per heavy atom. The molecule has 1 aromatic rings. The average molecular weight is 881 g/mol. The average Bonchev–Trinajstić information content (AvgIpc) is 3.86. The number of ketones is 1. The third-order valence-corrected chi connectivity index (χ3v) is 14.3. The van der Waals surface area contributed by atoms with Crippen LogP contribution in [0.1, 0.15) is 129 Å². The van der Waals surface area contributed by atoms with Crippen LogP contribution in [0.4, 0.5) is 0 Å². The maximum absolute atomic E-state index is 12.8. The molecule has 15 heteroatoms. The predicted octanol–water partition coefficient (Wildman–Crippen LogP) is -0.512. The number of hydrogen-bond acceptors (Lipinski definition) is 11. The van der Waals surface area contributed by atoms with Crippen molar-refractivity contribution in [2.24, 2.45) is 17.8 Å². The first-order valence-corrected chi connectivity index (χ1v) is 21.9. The van der Waals surface area contributed by atoms with E-state index in [0.717, 1.165) is 98.8 Å². The number of carbonyl (C=O) groups is 3. The van der Waals surface area contributed by atoms with Gasteiger partial charge in [0.25, 0.3) is 0 Å². The number of rotatable bonds is 18. The van der Waals surface area contributed by atoms with Gasteiger partial charge in [-0.05, 0) is 55.6 Å². The van der Waals surface area contributed by atoms with Crippen LogP contribution in [0.5, 0.6) is 11.5 Å². The van der Waals surface area contributed by atoms with Crippen molar-refractivity contribution in [2.75, 3.05) is 33.4 Å². The number of benzene rings is 1. The van der Waals surface area contributed by atoms with E-state index in [-0.39, 0.29) is 89.2 Å². The molecule has 1 aromatic carbocycles. The molecule has 3 aliphatic carbocycles. The zero-order valence-corrected chi connectivity index (χ0v) is 38.8. The second kappa shape index (κ2) is 20.3. The molecule has 1 saturated heterocycles. The Kier molecular flexibility index (Phi) is 17.8. The summed E-state index contributed by atoms with van der Waals surface area (Å²) < 4.78 is 51.6. The zero-order valence-electron chi connectivity index (χ0n) is 34.4. The van der Waals surface area contributed by atoms with Gasteiger partial charge in [-0.3, -0.25) is 14.4 Å². The van der Waals surface area contributed by atoms with Crippen molar-refractivity contribution in [2.45, 2.75) is 152 Å². The number of piperidine rings is 1. The Morgan fingerprint density at radius 1 is 1.02 bits per heavy atom. The van der Waals surface area contributed by atoms with Gasteiger partial charge in [-0.2, -0.15) is 0 Å². The monoisotopic (exact) mass is 879 g/mol. The van der Waals surface area contributed by atoms with E-state index in [2.05, 4.69) is 20.9 Å². The number of phenolic OH excluding ortho intramolecular Hbond substituents is 1. The van der Waals surface area contributed by atoms with E-state index in [1.807, 2.05) is 19.9 Å². The molecule has 3 fully saturated rings. The fourth-order valence-corrected chi connectivity index (χ4v) is 10.4. The molecule has 2 bridgehead atoms. The second-order valence-corrected chi connectivity index (χ2v) is 18.5. The molecule has 5 aliphatic rings. The minimum absolute atomic E-state index is 0. The smallest absolute Gasteiger partial charge is 1.00 e. The maximum Gasteiger partial charge on any atom is 1.00 e. The number of likely N-dealkylation sites (N-methyl/N-ethyl adjacent to an activating group) is 1. The van der Waals surface area contributed by atoms with Gasteiger partial charge in [0.1, 0.15) is 21.8 Å². The van der Waals surface area contributed by atoms with Gasteiger partial charge in [-0.15, -0.1) is 0 Å². The Labute approximate surface area is 366 Å². The first-order valence-electron chi connectivity index (χ1n) is 20.5. The van der Waals surface area contributed by atoms with E-state index < -0.39 is 50.8 Å². The van der Waals surface area contributed by atoms with E-state index >= 15 is 0 Å². The molecule has 12 nitrogen and oxygen atoms in total. The van der Waals surface area contributed by atoms with Crippen molar-refractivity contribution in [3.63, 3.8) is 0 Å². The summed E-state index contributed by atoms with van der Waals surface area (Å²) in [4.78, 5) is 36.9. The van der Waals surface area contributed by atoms with Crippen molar-refractivity contribution in [1.29, 1.82) is 0 Å². The molecule has 312 valence electrons. The summed E-state index contributed by atoms with van der Waals surface area (Å²) in [5.74, 6) is -0.323. The number of unbranched alkanes of at least 4 members (excludes halogenated alkanes) is 2. The maximum atomic E-state index is 12.8. The number of nitrogens with zero attached hydrogens (tertiary/aromatic N) is 1. The number of carbonyl (C=O) groups excluding carboxylic acids is 3. The van der Waals surface area contributed by atoms with Gasteiger partial charge >= 0.3 is 41.5 Å². The molecule has 2 heterocycles. The molecular weight excluding hydrogens is 817 g/mol. The Balaban J connectivity index is 0.000000290. The summed E-state index contributed by atoms with van der Waals surface area (Å²) in [6.45, 7) is 10.4. The van der Waals surface area contributed by atoms with Crippen LogP contribution in [0.25, 0.3) is 0 Å². The minimum atomic E-state index is -5.01. The number of ether oxygens (including phenoxy) is 3. The van der Waals surface area contributed by atoms with Gasteiger partial charge in [0.05, 0.1) is 45.2 Å². The van der Waals surface area contributed by atoms with Crippen molar-refractivity contribution >= 4 is 27.8 Å². The van der Waals surface area contributed by atoms with Gasteiger partial charge in [0.2, 0.25) is 0 Å². The van der Waals surface area contributed by atoms with Crippen LogP contribution in [-0.2, 0) is 45.8 Å². The first kappa shape index (κ1) is 49.1. The topological polar surface area (TPSA) is 177 Å². The number of hydrogen-bond donors (Lipinski definition) is 2. The first-order chi connectivity index (χ1) is 25.6. The third-order valence-electron chi connectivity index (χ3n) is 13.3. The molecule has 0 amide bonds. The van der Waals surface area contributed by atoms with Crippen LogP contribution in [0.2, 0.25) is 0 Å². The Bertz CT molecular complexity index is 1640. The van der Waals surface area contributed by atoms with Crippen molar-refractivity contribution in [1.82, 2.24) is 0 Å². The molecule has 2 N–H and O–H groups in total. The van der Waals surface area contributed by atoms with E-state index in [4.69, 9.17) is 14.2 Å². The van der Waals surface area contributed by atoms with Crippen LogP contribution in [0.15, 0.2) is 12.1 Å². The van der Waals surface area contributed by atoms with Crippen molar-refractivity contribution in [3.8, 4) is 11.5 Å². The van der Waals surface area contributed by atoms with Gasteiger partial charge < -0.3 is 50.4 Å². The predicted molar refractivity (Wildman–Crippen MR) is 201 cm³/mol. The fraction of sp³-hybridized carbons (Fsp3) is 0.780. The number of aliphatic hydroxyl groups is 1. The van der Waals surface area contributed by atoms with Gasteiger partial charge in [0.15, 0.2) is 28.6 Å². The molecule has 2 aliphatic heterocycles. The van der Waals surface area contributed by atoms with E-state index in [9.17, 15) is 37.6 Å². The van der Waals surface area contributed by atoms with Crippen molar-refractivity contribution in [3.05, 3.63) is 23.3 Å². The summed E-state index contributed by atoms with van der Waals surface area (Å²) >= 11 is 0. The van der Waals surface area contributed by atoms with Gasteiger partial charge in [0, 0.05) is 30.7 Å². The van der Waals surface area contributed by atoms with E-state index in [0.29, 0.717) is 18.6 Å². The summed E-state index contributed by atoms with van der Waals surface area (Å²) in [5.41, 5.74) is 0.492. The van der Waals surface area contributed by atoms with Crippen LogP contribution in [0, 0.1) is 17.8 Å². The molecule has 1 spiro atoms. The number of likely N-dealkylation sites (tertiary alicyclic amines) is 1. The Hall–Kier alpha value is -1.26. The normalized spacial score (nSPS) is 28.4. The molecule has 0 radical (unpaired) electrons. The third kappa shape index (κ3) is 10.2. The molecular formula is C41H63BrNNaO11S. The zero-order chi connectivity index (χ0) is 39.5. The SMILES string of the molecule is CCCCC(CC)COC(=O)CC(C(=O)OCC(CC)CCCC)S(=O)(=O)[O-].C[N+]1(CC2CC2)CC[C@]23c4c5ccc(O)c4O[C@H]2C(=O)CC[C@@]3(O)[C@H]1C5.[Br-].[Na+]. The molecule has 4 unspecified atom stereocenters. The number of phenols is 1. The second-order valence-electron chi connectivity index (χ2n) is 16.9. The number of esters is 2. The summed E-state index contributed by atoms with van der Waals surface area (Å²) in [7, 11) is -2.71. The molecule has 2 saturated carbocycles. The number of quaternary nitrogens is 1. The van der Waals surface area contributed by atoms with Crippen LogP contribution >= 0.6 is 0 Å². The van der Waals surface area contributed by atoms with Gasteiger partial charge in [-0.25, -0.2) is 8.42 Å². The van der Waals surface area contributed by atoms with Crippen molar-refractivity contribution < 1.29 is 103 Å². The molecule has 0 aromatic heterocycles. The van der Waals surface area contributed by atoms with Crippen LogP contribution < -0.4 is 51.3 Å².